The summed E-state index contributed by atoms with van der Waals surface area (Å²) in [5, 5.41) is 11.9. The molecule has 0 radical (unpaired) electrons. The maximum atomic E-state index is 12.5. The van der Waals surface area contributed by atoms with E-state index in [9.17, 15) is 38.7 Å². The molecule has 0 aromatic heterocycles. The summed E-state index contributed by atoms with van der Waals surface area (Å²) < 4.78 is 62.4. The van der Waals surface area contributed by atoms with Crippen molar-refractivity contribution in [2.45, 2.75) is 156 Å². The highest BCUT2D eigenvalue weighted by molar-refractivity contribution is 5.69. The molecule has 3 fully saturated rings. The van der Waals surface area contributed by atoms with Crippen molar-refractivity contribution in [3.05, 3.63) is 12.2 Å². The first-order valence-electron chi connectivity index (χ1n) is 18.5. The number of aliphatic hydroxyl groups is 1. The van der Waals surface area contributed by atoms with Crippen molar-refractivity contribution in [1.29, 1.82) is 0 Å². The Labute approximate surface area is 331 Å². The molecule has 3 aliphatic rings. The van der Waals surface area contributed by atoms with E-state index in [0.717, 1.165) is 41.5 Å². The van der Waals surface area contributed by atoms with Crippen molar-refractivity contribution < 1.29 is 90.8 Å². The molecular weight excluding hydrogens is 760 g/mol. The van der Waals surface area contributed by atoms with Crippen molar-refractivity contribution in [2.24, 2.45) is 11.3 Å². The van der Waals surface area contributed by atoms with Crippen LogP contribution in [0.5, 0.6) is 0 Å². The first kappa shape index (κ1) is 47.2. The Morgan fingerprint density at radius 1 is 0.754 bits per heavy atom. The highest BCUT2D eigenvalue weighted by Gasteiger charge is 2.59. The molecule has 0 amide bonds. The Bertz CT molecular complexity index is 1520. The van der Waals surface area contributed by atoms with Gasteiger partial charge in [0.15, 0.2) is 37.0 Å². The summed E-state index contributed by atoms with van der Waals surface area (Å²) >= 11 is 0. The fraction of sp³-hybridized carbons (Fsp3) is 0.763. The number of carbonyl (C=O) groups is 7. The molecule has 1 N–H and O–H groups in total. The van der Waals surface area contributed by atoms with E-state index in [1.807, 2.05) is 20.8 Å². The van der Waals surface area contributed by atoms with Crippen LogP contribution < -0.4 is 0 Å². The molecule has 2 heterocycles. The quantitative estimate of drug-likeness (QED) is 0.141. The standard InChI is InChI=1S/C38H56O19/c1-19-14-28(51-22(4)40)15-36(10,11)38(19,46)13-12-20(2)50-34-32(54-25(7)43)31(53-24(6)42)30(52-23(5)41)29(56-34)16-47-35-33(55-26(8)44)37(18-49-35,57-27(9)45)17-48-21(3)39/h12-13,19-20,28-35,46H,14-18H2,1-11H3/b13-12+/t19-,20-,28+,29-,30-,31+,32-,33+,34-,35-,37-,38-/m1/s1. The lowest BCUT2D eigenvalue weighted by Crippen LogP contribution is -2.63. The highest BCUT2D eigenvalue weighted by Crippen LogP contribution is 2.49. The Kier molecular flexibility index (Phi) is 16.2. The molecule has 3 rings (SSSR count). The van der Waals surface area contributed by atoms with Crippen LogP contribution in [0.3, 0.4) is 0 Å². The molecule has 0 aromatic carbocycles. The lowest BCUT2D eigenvalue weighted by Gasteiger charge is -2.51. The molecule has 0 unspecified atom stereocenters. The summed E-state index contributed by atoms with van der Waals surface area (Å²) in [4.78, 5) is 85.0. The third-order valence-electron chi connectivity index (χ3n) is 9.83. The second kappa shape index (κ2) is 19.5. The van der Waals surface area contributed by atoms with Gasteiger partial charge in [0, 0.05) is 53.9 Å². The summed E-state index contributed by atoms with van der Waals surface area (Å²) in [7, 11) is 0. The normalized spacial score (nSPS) is 34.0. The van der Waals surface area contributed by atoms with E-state index in [1.54, 1.807) is 19.1 Å². The third-order valence-corrected chi connectivity index (χ3v) is 9.83. The van der Waals surface area contributed by atoms with Gasteiger partial charge in [-0.1, -0.05) is 32.9 Å². The average Bonchev–Trinajstić information content (AvgIpc) is 3.37. The van der Waals surface area contributed by atoms with E-state index < -0.39 is 127 Å². The Morgan fingerprint density at radius 3 is 1.84 bits per heavy atom. The predicted molar refractivity (Wildman–Crippen MR) is 190 cm³/mol. The van der Waals surface area contributed by atoms with Gasteiger partial charge >= 0.3 is 41.8 Å². The fourth-order valence-corrected chi connectivity index (χ4v) is 7.47. The number of hydrogen-bond donors (Lipinski definition) is 1. The van der Waals surface area contributed by atoms with Gasteiger partial charge < -0.3 is 57.2 Å². The van der Waals surface area contributed by atoms with Crippen LogP contribution in [0, 0.1) is 11.3 Å². The number of esters is 7. The number of carbonyl (C=O) groups excluding carboxylic acids is 7. The smallest absolute Gasteiger partial charge is 0.303 e. The Hall–Kier alpha value is -4.17. The molecule has 12 atom stereocenters. The first-order valence-corrected chi connectivity index (χ1v) is 18.5. The zero-order valence-electron chi connectivity index (χ0n) is 34.3. The van der Waals surface area contributed by atoms with Crippen molar-refractivity contribution in [1.82, 2.24) is 0 Å². The molecule has 2 aliphatic heterocycles. The van der Waals surface area contributed by atoms with Crippen molar-refractivity contribution in [3.63, 3.8) is 0 Å². The van der Waals surface area contributed by atoms with Crippen molar-refractivity contribution >= 4 is 41.8 Å². The third kappa shape index (κ3) is 12.4. The molecular formula is C38H56O19. The second-order valence-corrected chi connectivity index (χ2v) is 15.2. The van der Waals surface area contributed by atoms with E-state index in [4.69, 9.17) is 52.1 Å². The van der Waals surface area contributed by atoms with Crippen LogP contribution in [-0.4, -0.2) is 133 Å². The monoisotopic (exact) mass is 816 g/mol. The van der Waals surface area contributed by atoms with E-state index >= 15 is 0 Å². The lowest BCUT2D eigenvalue weighted by atomic mass is 9.59. The minimum Gasteiger partial charge on any atom is -0.463 e. The molecule has 1 saturated carbocycles. The van der Waals surface area contributed by atoms with Crippen LogP contribution in [0.2, 0.25) is 0 Å². The van der Waals surface area contributed by atoms with Gasteiger partial charge in [-0.2, -0.15) is 0 Å². The molecule has 0 bridgehead atoms. The average molecular weight is 817 g/mol. The molecule has 57 heavy (non-hydrogen) atoms. The van der Waals surface area contributed by atoms with E-state index in [2.05, 4.69) is 0 Å². The number of ether oxygens (including phenoxy) is 11. The summed E-state index contributed by atoms with van der Waals surface area (Å²) in [6.45, 7) is 13.5. The molecule has 2 saturated heterocycles. The van der Waals surface area contributed by atoms with Gasteiger partial charge in [0.05, 0.1) is 24.9 Å². The molecule has 19 nitrogen and oxygen atoms in total. The lowest BCUT2D eigenvalue weighted by molar-refractivity contribution is -0.319. The number of hydrogen-bond acceptors (Lipinski definition) is 19. The zero-order chi connectivity index (χ0) is 43.0. The maximum Gasteiger partial charge on any atom is 0.303 e. The second-order valence-electron chi connectivity index (χ2n) is 15.2. The fourth-order valence-electron chi connectivity index (χ4n) is 7.47. The topological polar surface area (TPSA) is 241 Å². The maximum absolute atomic E-state index is 12.5. The van der Waals surface area contributed by atoms with Gasteiger partial charge in [-0.3, -0.25) is 33.6 Å². The zero-order valence-corrected chi connectivity index (χ0v) is 34.3. The minimum absolute atomic E-state index is 0.352. The van der Waals surface area contributed by atoms with Gasteiger partial charge in [-0.25, -0.2) is 0 Å². The minimum atomic E-state index is -1.82. The summed E-state index contributed by atoms with van der Waals surface area (Å²) in [6.07, 6.45) is -7.63. The summed E-state index contributed by atoms with van der Waals surface area (Å²) in [6, 6.07) is 0. The van der Waals surface area contributed by atoms with Crippen molar-refractivity contribution in [2.75, 3.05) is 19.8 Å². The van der Waals surface area contributed by atoms with Crippen LogP contribution in [0.15, 0.2) is 12.2 Å². The van der Waals surface area contributed by atoms with Crippen LogP contribution in [0.1, 0.15) is 89.0 Å². The molecule has 19 heteroatoms. The van der Waals surface area contributed by atoms with Gasteiger partial charge in [0.2, 0.25) is 5.60 Å². The predicted octanol–water partition coefficient (Wildman–Crippen LogP) is 1.76. The van der Waals surface area contributed by atoms with E-state index in [-0.39, 0.29) is 12.0 Å². The van der Waals surface area contributed by atoms with Gasteiger partial charge in [0.25, 0.3) is 0 Å². The Morgan fingerprint density at radius 2 is 1.32 bits per heavy atom. The first-order chi connectivity index (χ1) is 26.4. The molecule has 0 spiro atoms. The highest BCUT2D eigenvalue weighted by atomic mass is 16.8. The van der Waals surface area contributed by atoms with Crippen LogP contribution >= 0.6 is 0 Å². The summed E-state index contributed by atoms with van der Waals surface area (Å²) in [5.41, 5.74) is -3.95. The number of rotatable bonds is 15. The molecule has 0 aromatic rings. The van der Waals surface area contributed by atoms with E-state index in [0.29, 0.717) is 12.8 Å². The van der Waals surface area contributed by atoms with Gasteiger partial charge in [0.1, 0.15) is 18.8 Å². The van der Waals surface area contributed by atoms with Crippen LogP contribution in [0.25, 0.3) is 0 Å². The molecule has 322 valence electrons. The Balaban J connectivity index is 1.97. The summed E-state index contributed by atoms with van der Waals surface area (Å²) in [5.74, 6) is -5.60. The van der Waals surface area contributed by atoms with Crippen molar-refractivity contribution in [3.8, 4) is 0 Å². The SMILES string of the molecule is CC(=O)OC[C@@]1(OC(C)=O)CO[C@@H](OC[C@H]2O[C@@H](O[C@H](C)/C=C/[C@@]3(O)[C@H](C)C[C@H](OC(C)=O)CC3(C)C)[C@H](OC(C)=O)[C@@H](OC(C)=O)[C@@H]2OC(C)=O)[C@@H]1OC(C)=O. The molecule has 1 aliphatic carbocycles. The largest absolute Gasteiger partial charge is 0.463 e. The van der Waals surface area contributed by atoms with Gasteiger partial charge in [-0.15, -0.1) is 0 Å². The van der Waals surface area contributed by atoms with E-state index in [1.165, 1.54) is 6.92 Å². The van der Waals surface area contributed by atoms with Gasteiger partial charge in [-0.05, 0) is 25.7 Å². The van der Waals surface area contributed by atoms with Crippen LogP contribution in [0.4, 0.5) is 0 Å². The van der Waals surface area contributed by atoms with Crippen LogP contribution in [-0.2, 0) is 85.7 Å².